The zero-order valence-corrected chi connectivity index (χ0v) is 16.1. The number of β-lactam (4-membered cyclic amide) rings is 1. The minimum absolute atomic E-state index is 0.0781. The van der Waals surface area contributed by atoms with Crippen LogP contribution in [0.1, 0.15) is 25.1 Å². The first-order valence-corrected chi connectivity index (χ1v) is 9.43. The van der Waals surface area contributed by atoms with Gasteiger partial charge in [0.1, 0.15) is 11.6 Å². The molecule has 0 saturated carbocycles. The van der Waals surface area contributed by atoms with E-state index < -0.39 is 30.1 Å². The molecule has 1 aliphatic heterocycles. The zero-order valence-electron chi connectivity index (χ0n) is 16.1. The lowest BCUT2D eigenvalue weighted by Gasteiger charge is -2.46. The Morgan fingerprint density at radius 1 is 1.10 bits per heavy atom. The number of aromatic nitrogens is 4. The number of halogens is 4. The summed E-state index contributed by atoms with van der Waals surface area (Å²) in [4.78, 5) is 21.0. The summed E-state index contributed by atoms with van der Waals surface area (Å²) in [6, 6.07) is 6.37. The number of nitrogens with one attached hydrogen (secondary N) is 1. The molecule has 1 N–H and O–H groups in total. The molecule has 2 atom stereocenters. The third kappa shape index (κ3) is 2.97. The Bertz CT molecular complexity index is 1290. The average Bonchev–Trinajstić information content (AvgIpc) is 3.41. The number of rotatable bonds is 4. The maximum Gasteiger partial charge on any atom is 0.333 e. The van der Waals surface area contributed by atoms with Crippen LogP contribution in [0.3, 0.4) is 0 Å². The smallest absolute Gasteiger partial charge is 0.333 e. The van der Waals surface area contributed by atoms with Crippen molar-refractivity contribution in [2.75, 3.05) is 4.90 Å². The molecule has 2 unspecified atom stereocenters. The Hall–Kier alpha value is -3.69. The van der Waals surface area contributed by atoms with Gasteiger partial charge in [0.05, 0.1) is 35.5 Å². The molecule has 1 amide bonds. The van der Waals surface area contributed by atoms with Gasteiger partial charge in [0, 0.05) is 23.0 Å². The van der Waals surface area contributed by atoms with E-state index in [-0.39, 0.29) is 22.6 Å². The SMILES string of the molecule is CC1C(=O)N(c2ccc3nc[nH]c3c2)C1c1c(F)cc(-c2cnn(C(F)F)c2)cc1F. The van der Waals surface area contributed by atoms with Gasteiger partial charge < -0.3 is 9.88 Å². The van der Waals surface area contributed by atoms with Gasteiger partial charge in [-0.15, -0.1) is 0 Å². The second-order valence-electron chi connectivity index (χ2n) is 7.39. The molecule has 0 aliphatic carbocycles. The van der Waals surface area contributed by atoms with Gasteiger partial charge in [0.25, 0.3) is 0 Å². The first-order valence-electron chi connectivity index (χ1n) is 9.43. The lowest BCUT2D eigenvalue weighted by molar-refractivity contribution is -0.129. The van der Waals surface area contributed by atoms with Crippen LogP contribution in [0, 0.1) is 17.6 Å². The van der Waals surface area contributed by atoms with Crippen molar-refractivity contribution in [1.82, 2.24) is 19.7 Å². The van der Waals surface area contributed by atoms with Crippen LogP contribution in [0.25, 0.3) is 22.2 Å². The van der Waals surface area contributed by atoms with Crippen LogP contribution in [0.4, 0.5) is 23.2 Å². The monoisotopic (exact) mass is 429 g/mol. The molecule has 0 spiro atoms. The third-order valence-corrected chi connectivity index (χ3v) is 5.57. The largest absolute Gasteiger partial charge is 0.345 e. The lowest BCUT2D eigenvalue weighted by Crippen LogP contribution is -2.54. The summed E-state index contributed by atoms with van der Waals surface area (Å²) in [6.45, 7) is -1.25. The quantitative estimate of drug-likeness (QED) is 0.374. The van der Waals surface area contributed by atoms with Crippen LogP contribution in [0.15, 0.2) is 49.1 Å². The molecule has 2 aromatic carbocycles. The Morgan fingerprint density at radius 3 is 2.52 bits per heavy atom. The predicted octanol–water partition coefficient (Wildman–Crippen LogP) is 4.82. The van der Waals surface area contributed by atoms with Gasteiger partial charge in [0.2, 0.25) is 5.91 Å². The summed E-state index contributed by atoms with van der Waals surface area (Å²) in [7, 11) is 0. The number of nitrogens with zero attached hydrogens (tertiary/aromatic N) is 4. The number of aromatic amines is 1. The van der Waals surface area contributed by atoms with Gasteiger partial charge in [0.15, 0.2) is 0 Å². The highest BCUT2D eigenvalue weighted by Crippen LogP contribution is 2.45. The average molecular weight is 429 g/mol. The highest BCUT2D eigenvalue weighted by Gasteiger charge is 2.48. The van der Waals surface area contributed by atoms with Crippen LogP contribution in [-0.2, 0) is 4.79 Å². The summed E-state index contributed by atoms with van der Waals surface area (Å²) in [6.07, 6.45) is 3.64. The number of hydrogen-bond donors (Lipinski definition) is 1. The van der Waals surface area contributed by atoms with Crippen molar-refractivity contribution in [2.24, 2.45) is 5.92 Å². The summed E-state index contributed by atoms with van der Waals surface area (Å²) >= 11 is 0. The van der Waals surface area contributed by atoms with Crippen molar-refractivity contribution >= 4 is 22.6 Å². The second-order valence-corrected chi connectivity index (χ2v) is 7.39. The van der Waals surface area contributed by atoms with Gasteiger partial charge in [-0.3, -0.25) is 4.79 Å². The zero-order chi connectivity index (χ0) is 21.9. The highest BCUT2D eigenvalue weighted by atomic mass is 19.3. The molecule has 5 rings (SSSR count). The Labute approximate surface area is 173 Å². The fourth-order valence-electron chi connectivity index (χ4n) is 4.00. The van der Waals surface area contributed by atoms with E-state index >= 15 is 8.78 Å². The molecule has 4 aromatic rings. The Kier molecular flexibility index (Phi) is 4.31. The first-order chi connectivity index (χ1) is 14.8. The van der Waals surface area contributed by atoms with E-state index in [1.807, 2.05) is 0 Å². The number of amides is 1. The van der Waals surface area contributed by atoms with Crippen molar-refractivity contribution in [1.29, 1.82) is 0 Å². The van der Waals surface area contributed by atoms with E-state index in [1.165, 1.54) is 11.2 Å². The van der Waals surface area contributed by atoms with Crippen molar-refractivity contribution < 1.29 is 22.4 Å². The molecule has 10 heteroatoms. The minimum Gasteiger partial charge on any atom is -0.345 e. The first kappa shape index (κ1) is 19.3. The molecule has 1 aliphatic rings. The molecule has 6 nitrogen and oxygen atoms in total. The number of carbonyl (C=O) groups is 1. The van der Waals surface area contributed by atoms with Crippen LogP contribution < -0.4 is 4.90 Å². The van der Waals surface area contributed by atoms with Crippen molar-refractivity contribution in [3.05, 3.63) is 66.3 Å². The molecule has 1 fully saturated rings. The van der Waals surface area contributed by atoms with Crippen molar-refractivity contribution in [2.45, 2.75) is 19.5 Å². The molecule has 2 aromatic heterocycles. The number of anilines is 1. The number of fused-ring (bicyclic) bond motifs is 1. The molecule has 3 heterocycles. The number of H-pyrrole nitrogens is 1. The minimum atomic E-state index is -2.86. The Morgan fingerprint density at radius 2 is 1.84 bits per heavy atom. The number of hydrogen-bond acceptors (Lipinski definition) is 3. The van der Waals surface area contributed by atoms with Gasteiger partial charge in [-0.25, -0.2) is 18.4 Å². The lowest BCUT2D eigenvalue weighted by atomic mass is 9.82. The maximum atomic E-state index is 15.1. The van der Waals surface area contributed by atoms with Crippen molar-refractivity contribution in [3.8, 4) is 11.1 Å². The van der Waals surface area contributed by atoms with Crippen LogP contribution in [-0.4, -0.2) is 25.7 Å². The number of carbonyl (C=O) groups excluding carboxylic acids is 1. The van der Waals surface area contributed by atoms with E-state index in [2.05, 4.69) is 15.1 Å². The van der Waals surface area contributed by atoms with E-state index in [1.54, 1.807) is 25.1 Å². The van der Waals surface area contributed by atoms with Gasteiger partial charge in [-0.1, -0.05) is 6.92 Å². The van der Waals surface area contributed by atoms with E-state index in [0.717, 1.165) is 24.5 Å². The predicted molar refractivity (Wildman–Crippen MR) is 104 cm³/mol. The molecule has 0 bridgehead atoms. The second kappa shape index (κ2) is 6.93. The summed E-state index contributed by atoms with van der Waals surface area (Å²) in [5.74, 6) is -2.62. The maximum absolute atomic E-state index is 15.1. The van der Waals surface area contributed by atoms with Gasteiger partial charge in [-0.2, -0.15) is 13.9 Å². The fraction of sp³-hybridized carbons (Fsp3) is 0.190. The molecular weight excluding hydrogens is 414 g/mol. The molecule has 158 valence electrons. The normalized spacial score (nSPS) is 18.8. The molecule has 1 saturated heterocycles. The Balaban J connectivity index is 1.54. The number of benzene rings is 2. The van der Waals surface area contributed by atoms with Gasteiger partial charge >= 0.3 is 6.55 Å². The number of imidazole rings is 1. The summed E-state index contributed by atoms with van der Waals surface area (Å²) < 4.78 is 56.0. The van der Waals surface area contributed by atoms with E-state index in [9.17, 15) is 13.6 Å². The fourth-order valence-corrected chi connectivity index (χ4v) is 4.00. The van der Waals surface area contributed by atoms with E-state index in [4.69, 9.17) is 0 Å². The molecule has 0 radical (unpaired) electrons. The molecule has 31 heavy (non-hydrogen) atoms. The molecular formula is C21H15F4N5O. The van der Waals surface area contributed by atoms with E-state index in [0.29, 0.717) is 21.4 Å². The van der Waals surface area contributed by atoms with Gasteiger partial charge in [-0.05, 0) is 35.9 Å². The van der Waals surface area contributed by atoms with Crippen molar-refractivity contribution in [3.63, 3.8) is 0 Å². The van der Waals surface area contributed by atoms with Crippen LogP contribution in [0.5, 0.6) is 0 Å². The summed E-state index contributed by atoms with van der Waals surface area (Å²) in [5.41, 5.74) is 1.87. The number of alkyl halides is 2. The third-order valence-electron chi connectivity index (χ3n) is 5.57. The van der Waals surface area contributed by atoms with Crippen LogP contribution >= 0.6 is 0 Å². The summed E-state index contributed by atoms with van der Waals surface area (Å²) in [5, 5.41) is 3.49. The van der Waals surface area contributed by atoms with Crippen LogP contribution in [0.2, 0.25) is 0 Å². The topological polar surface area (TPSA) is 66.8 Å². The standard InChI is InChI=1S/C21H15F4N5O/c1-10-19(30(20(10)31)13-2-3-16-17(6-13)27-9-26-16)18-14(22)4-11(5-15(18)23)12-7-28-29(8-12)21(24)25/h2-10,19,21H,1H3,(H,26,27). The highest BCUT2D eigenvalue weighted by molar-refractivity contribution is 6.04.